The van der Waals surface area contributed by atoms with Crippen LogP contribution in [0.1, 0.15) is 5.56 Å². The third-order valence-electron chi connectivity index (χ3n) is 4.53. The molecule has 2 aromatic rings. The number of sulfonamides is 1. The van der Waals surface area contributed by atoms with Gasteiger partial charge in [-0.25, -0.2) is 13.4 Å². The summed E-state index contributed by atoms with van der Waals surface area (Å²) in [6.07, 6.45) is 1.71. The monoisotopic (exact) mass is 376 g/mol. The summed E-state index contributed by atoms with van der Waals surface area (Å²) in [5.74, 6) is 0.925. The number of anilines is 2. The van der Waals surface area contributed by atoms with Crippen LogP contribution in [0, 0.1) is 6.92 Å². The highest BCUT2D eigenvalue weighted by molar-refractivity contribution is 7.92. The molecule has 1 aromatic carbocycles. The first-order valence-electron chi connectivity index (χ1n) is 8.46. The van der Waals surface area contributed by atoms with Gasteiger partial charge in [0.15, 0.2) is 0 Å². The molecule has 0 atom stereocenters. The number of methoxy groups -OCH3 is 1. The van der Waals surface area contributed by atoms with Gasteiger partial charge in [-0.2, -0.15) is 0 Å². The van der Waals surface area contributed by atoms with Crippen LogP contribution in [0.25, 0.3) is 0 Å². The van der Waals surface area contributed by atoms with Crippen LogP contribution in [0.5, 0.6) is 5.75 Å². The van der Waals surface area contributed by atoms with Gasteiger partial charge in [0.25, 0.3) is 10.0 Å². The summed E-state index contributed by atoms with van der Waals surface area (Å²) >= 11 is 0. The maximum Gasteiger partial charge on any atom is 0.263 e. The van der Waals surface area contributed by atoms with E-state index >= 15 is 0 Å². The first kappa shape index (κ1) is 18.5. The third kappa shape index (κ3) is 4.08. The summed E-state index contributed by atoms with van der Waals surface area (Å²) in [6, 6.07) is 8.46. The topological polar surface area (TPSA) is 74.8 Å². The van der Waals surface area contributed by atoms with Crippen LogP contribution < -0.4 is 14.4 Å². The zero-order chi connectivity index (χ0) is 18.7. The maximum atomic E-state index is 12.6. The van der Waals surface area contributed by atoms with Crippen LogP contribution >= 0.6 is 0 Å². The van der Waals surface area contributed by atoms with Crippen molar-refractivity contribution in [2.45, 2.75) is 11.8 Å². The van der Waals surface area contributed by atoms with Gasteiger partial charge in [0.2, 0.25) is 0 Å². The average Bonchev–Trinajstić information content (AvgIpc) is 2.62. The molecule has 26 heavy (non-hydrogen) atoms. The Kier molecular flexibility index (Phi) is 5.33. The molecule has 0 radical (unpaired) electrons. The minimum atomic E-state index is -3.70. The number of piperazine rings is 1. The smallest absolute Gasteiger partial charge is 0.263 e. The van der Waals surface area contributed by atoms with Gasteiger partial charge in [-0.05, 0) is 49.9 Å². The fourth-order valence-corrected chi connectivity index (χ4v) is 4.18. The summed E-state index contributed by atoms with van der Waals surface area (Å²) in [5, 5.41) is 0. The molecule has 1 aliphatic rings. The minimum absolute atomic E-state index is 0.211. The van der Waals surface area contributed by atoms with Gasteiger partial charge in [0, 0.05) is 26.2 Å². The number of ether oxygens (including phenoxy) is 1. The predicted octanol–water partition coefficient (Wildman–Crippen LogP) is 1.95. The zero-order valence-electron chi connectivity index (χ0n) is 15.3. The number of rotatable bonds is 5. The van der Waals surface area contributed by atoms with E-state index in [1.807, 2.05) is 6.07 Å². The number of hydrogen-bond acceptors (Lipinski definition) is 6. The summed E-state index contributed by atoms with van der Waals surface area (Å²) in [7, 11) is -0.0479. The number of hydrogen-bond donors (Lipinski definition) is 1. The van der Waals surface area contributed by atoms with Crippen molar-refractivity contribution in [2.75, 3.05) is 50.0 Å². The lowest BCUT2D eigenvalue weighted by Gasteiger charge is -2.33. The predicted molar refractivity (Wildman–Crippen MR) is 102 cm³/mol. The number of nitrogens with one attached hydrogen (secondary N) is 1. The molecule has 2 heterocycles. The fraction of sp³-hybridized carbons (Fsp3) is 0.389. The fourth-order valence-electron chi connectivity index (χ4n) is 2.94. The summed E-state index contributed by atoms with van der Waals surface area (Å²) < 4.78 is 32.9. The van der Waals surface area contributed by atoms with Crippen molar-refractivity contribution in [1.82, 2.24) is 9.88 Å². The molecule has 7 nitrogen and oxygen atoms in total. The normalized spacial score (nSPS) is 15.7. The second-order valence-corrected chi connectivity index (χ2v) is 8.08. The largest absolute Gasteiger partial charge is 0.497 e. The van der Waals surface area contributed by atoms with E-state index in [0.717, 1.165) is 31.9 Å². The molecule has 1 aliphatic heterocycles. The molecule has 1 saturated heterocycles. The molecule has 140 valence electrons. The second kappa shape index (κ2) is 7.51. The molecular weight excluding hydrogens is 352 g/mol. The molecule has 1 N–H and O–H groups in total. The number of nitrogens with zero attached hydrogens (tertiary/aromatic N) is 3. The molecule has 0 aliphatic carbocycles. The highest BCUT2D eigenvalue weighted by Gasteiger charge is 2.19. The average molecular weight is 376 g/mol. The standard InChI is InChI=1S/C18H24N4O3S/c1-14-12-16(25-3)5-6-17(14)26(23,24)20-18-7-4-15(13-19-18)22-10-8-21(2)9-11-22/h4-7,12-13H,8-11H2,1-3H3,(H,19,20). The van der Waals surface area contributed by atoms with Crippen LogP contribution in [-0.4, -0.2) is 58.6 Å². The maximum absolute atomic E-state index is 12.6. The number of benzene rings is 1. The van der Waals surface area contributed by atoms with Gasteiger partial charge in [0.05, 0.1) is 23.9 Å². The lowest BCUT2D eigenvalue weighted by Crippen LogP contribution is -2.44. The van der Waals surface area contributed by atoms with E-state index in [4.69, 9.17) is 4.74 Å². The number of pyridine rings is 1. The van der Waals surface area contributed by atoms with E-state index in [-0.39, 0.29) is 4.90 Å². The van der Waals surface area contributed by atoms with Crippen LogP contribution in [0.4, 0.5) is 11.5 Å². The number of aromatic nitrogens is 1. The molecule has 0 spiro atoms. The minimum Gasteiger partial charge on any atom is -0.497 e. The van der Waals surface area contributed by atoms with E-state index in [2.05, 4.69) is 26.6 Å². The highest BCUT2D eigenvalue weighted by Crippen LogP contribution is 2.23. The SMILES string of the molecule is COc1ccc(S(=O)(=O)Nc2ccc(N3CCN(C)CC3)cn2)c(C)c1. The molecule has 0 amide bonds. The van der Waals surface area contributed by atoms with Crippen molar-refractivity contribution in [3.63, 3.8) is 0 Å². The Hall–Kier alpha value is -2.32. The van der Waals surface area contributed by atoms with E-state index in [1.54, 1.807) is 38.4 Å². The number of aryl methyl sites for hydroxylation is 1. The number of likely N-dealkylation sites (N-methyl/N-ethyl adjacent to an activating group) is 1. The van der Waals surface area contributed by atoms with Crippen molar-refractivity contribution in [1.29, 1.82) is 0 Å². The zero-order valence-corrected chi connectivity index (χ0v) is 16.1. The van der Waals surface area contributed by atoms with E-state index in [0.29, 0.717) is 17.1 Å². The van der Waals surface area contributed by atoms with Crippen molar-refractivity contribution in [3.05, 3.63) is 42.1 Å². The summed E-state index contributed by atoms with van der Waals surface area (Å²) in [5.41, 5.74) is 1.62. The Morgan fingerprint density at radius 3 is 2.42 bits per heavy atom. The quantitative estimate of drug-likeness (QED) is 0.860. The lowest BCUT2D eigenvalue weighted by molar-refractivity contribution is 0.313. The first-order valence-corrected chi connectivity index (χ1v) is 9.94. The first-order chi connectivity index (χ1) is 12.4. The molecule has 8 heteroatoms. The molecule has 0 unspecified atom stereocenters. The third-order valence-corrected chi connectivity index (χ3v) is 6.04. The Morgan fingerprint density at radius 1 is 1.12 bits per heavy atom. The molecule has 0 bridgehead atoms. The van der Waals surface area contributed by atoms with E-state index < -0.39 is 10.0 Å². The molecule has 1 aromatic heterocycles. The van der Waals surface area contributed by atoms with Gasteiger partial charge < -0.3 is 14.5 Å². The molecular formula is C18H24N4O3S. The van der Waals surface area contributed by atoms with Gasteiger partial charge >= 0.3 is 0 Å². The van der Waals surface area contributed by atoms with Gasteiger partial charge in [-0.3, -0.25) is 4.72 Å². The van der Waals surface area contributed by atoms with Crippen molar-refractivity contribution >= 4 is 21.5 Å². The Balaban J connectivity index is 1.74. The van der Waals surface area contributed by atoms with E-state index in [1.165, 1.54) is 6.07 Å². The summed E-state index contributed by atoms with van der Waals surface area (Å²) in [4.78, 5) is 9.02. The van der Waals surface area contributed by atoms with Crippen molar-refractivity contribution in [2.24, 2.45) is 0 Å². The molecule has 3 rings (SSSR count). The van der Waals surface area contributed by atoms with Crippen LogP contribution in [0.3, 0.4) is 0 Å². The highest BCUT2D eigenvalue weighted by atomic mass is 32.2. The van der Waals surface area contributed by atoms with Crippen molar-refractivity contribution < 1.29 is 13.2 Å². The molecule has 1 fully saturated rings. The van der Waals surface area contributed by atoms with E-state index in [9.17, 15) is 8.42 Å². The van der Waals surface area contributed by atoms with Gasteiger partial charge in [-0.1, -0.05) is 0 Å². The van der Waals surface area contributed by atoms with Crippen molar-refractivity contribution in [3.8, 4) is 5.75 Å². The Labute approximate surface area is 154 Å². The van der Waals surface area contributed by atoms with Crippen LogP contribution in [0.15, 0.2) is 41.4 Å². The Bertz CT molecular complexity index is 861. The van der Waals surface area contributed by atoms with Gasteiger partial charge in [-0.15, -0.1) is 0 Å². The van der Waals surface area contributed by atoms with Crippen LogP contribution in [0.2, 0.25) is 0 Å². The van der Waals surface area contributed by atoms with Crippen LogP contribution in [-0.2, 0) is 10.0 Å². The molecule has 0 saturated carbocycles. The Morgan fingerprint density at radius 2 is 1.85 bits per heavy atom. The summed E-state index contributed by atoms with van der Waals surface area (Å²) in [6.45, 7) is 5.62. The lowest BCUT2D eigenvalue weighted by atomic mass is 10.2. The second-order valence-electron chi connectivity index (χ2n) is 6.43. The van der Waals surface area contributed by atoms with Gasteiger partial charge in [0.1, 0.15) is 11.6 Å².